The van der Waals surface area contributed by atoms with E-state index in [1.807, 2.05) is 30.3 Å². The molecule has 2 aromatic carbocycles. The molecule has 0 saturated carbocycles. The van der Waals surface area contributed by atoms with Crippen molar-refractivity contribution in [2.45, 2.75) is 43.9 Å². The predicted octanol–water partition coefficient (Wildman–Crippen LogP) is 5.94. The Hall–Kier alpha value is -1.79. The van der Waals surface area contributed by atoms with Gasteiger partial charge in [0.15, 0.2) is 0 Å². The smallest absolute Gasteiger partial charge is 0.235 e. The van der Waals surface area contributed by atoms with E-state index in [9.17, 15) is 4.79 Å². The van der Waals surface area contributed by atoms with Gasteiger partial charge in [-0.25, -0.2) is 0 Å². The van der Waals surface area contributed by atoms with Gasteiger partial charge in [-0.3, -0.25) is 4.79 Å². The van der Waals surface area contributed by atoms with Crippen LogP contribution >= 0.6 is 23.2 Å². The number of hydrogen-bond donors (Lipinski definition) is 1. The van der Waals surface area contributed by atoms with Crippen molar-refractivity contribution in [1.29, 1.82) is 0 Å². The Kier molecular flexibility index (Phi) is 8.53. The number of anilines is 1. The molecule has 7 heteroatoms. The van der Waals surface area contributed by atoms with Crippen molar-refractivity contribution in [3.63, 3.8) is 0 Å². The van der Waals surface area contributed by atoms with Gasteiger partial charge in [-0.1, -0.05) is 35.7 Å². The maximum Gasteiger partial charge on any atom is 0.235 e. The fourth-order valence-electron chi connectivity index (χ4n) is 4.76. The number of amides is 1. The Bertz CT molecular complexity index is 924. The highest BCUT2D eigenvalue weighted by atomic mass is 35.5. The van der Waals surface area contributed by atoms with Crippen LogP contribution in [0.5, 0.6) is 5.75 Å². The van der Waals surface area contributed by atoms with E-state index in [1.165, 1.54) is 32.4 Å². The number of carbonyl (C=O) groups is 1. The third-order valence-electron chi connectivity index (χ3n) is 6.68. The molecule has 0 atom stereocenters. The van der Waals surface area contributed by atoms with E-state index in [2.05, 4.69) is 10.2 Å². The van der Waals surface area contributed by atoms with Gasteiger partial charge in [0.2, 0.25) is 5.91 Å². The van der Waals surface area contributed by atoms with E-state index in [-0.39, 0.29) is 5.91 Å². The molecule has 4 rings (SSSR count). The average Bonchev–Trinajstić information content (AvgIpc) is 2.84. The van der Waals surface area contributed by atoms with Crippen LogP contribution in [-0.2, 0) is 14.9 Å². The van der Waals surface area contributed by atoms with Crippen molar-refractivity contribution in [2.75, 3.05) is 44.8 Å². The summed E-state index contributed by atoms with van der Waals surface area (Å²) in [7, 11) is 0. The normalized spacial score (nSPS) is 18.6. The SMILES string of the molecule is O=C(Nc1ccc(OCCCN2CCCCC2)cc1)C1(c2ccc(Cl)cc2Cl)CCOCC1. The first kappa shape index (κ1) is 24.3. The predicted molar refractivity (Wildman–Crippen MR) is 134 cm³/mol. The number of likely N-dealkylation sites (tertiary alicyclic amines) is 1. The van der Waals surface area contributed by atoms with Gasteiger partial charge in [0.05, 0.1) is 12.0 Å². The van der Waals surface area contributed by atoms with Gasteiger partial charge in [0, 0.05) is 35.5 Å². The number of nitrogens with zero attached hydrogens (tertiary/aromatic N) is 1. The highest BCUT2D eigenvalue weighted by molar-refractivity contribution is 6.35. The van der Waals surface area contributed by atoms with Crippen molar-refractivity contribution < 1.29 is 14.3 Å². The van der Waals surface area contributed by atoms with Crippen molar-refractivity contribution in [3.8, 4) is 5.75 Å². The number of benzene rings is 2. The van der Waals surface area contributed by atoms with E-state index in [0.717, 1.165) is 30.0 Å². The fourth-order valence-corrected chi connectivity index (χ4v) is 5.35. The molecular formula is C26H32Cl2N2O3. The Morgan fingerprint density at radius 3 is 2.45 bits per heavy atom. The lowest BCUT2D eigenvalue weighted by Crippen LogP contribution is -2.45. The maximum atomic E-state index is 13.5. The van der Waals surface area contributed by atoms with Gasteiger partial charge in [-0.05, 0) is 87.2 Å². The summed E-state index contributed by atoms with van der Waals surface area (Å²) in [5.41, 5.74) is 0.781. The Balaban J connectivity index is 1.35. The topological polar surface area (TPSA) is 50.8 Å². The van der Waals surface area contributed by atoms with Crippen molar-refractivity contribution in [3.05, 3.63) is 58.1 Å². The Morgan fingerprint density at radius 1 is 1.03 bits per heavy atom. The average molecular weight is 491 g/mol. The van der Waals surface area contributed by atoms with E-state index >= 15 is 0 Å². The van der Waals surface area contributed by atoms with Gasteiger partial charge < -0.3 is 19.7 Å². The lowest BCUT2D eigenvalue weighted by Gasteiger charge is -2.36. The van der Waals surface area contributed by atoms with Gasteiger partial charge in [0.1, 0.15) is 5.75 Å². The molecule has 0 unspecified atom stereocenters. The quantitative estimate of drug-likeness (QED) is 0.465. The van der Waals surface area contributed by atoms with Crippen LogP contribution in [0.15, 0.2) is 42.5 Å². The molecule has 0 radical (unpaired) electrons. The van der Waals surface area contributed by atoms with E-state index in [1.54, 1.807) is 12.1 Å². The highest BCUT2D eigenvalue weighted by Gasteiger charge is 2.43. The number of ether oxygens (including phenoxy) is 2. The summed E-state index contributed by atoms with van der Waals surface area (Å²) in [4.78, 5) is 16.0. The first-order valence-corrected chi connectivity index (χ1v) is 12.6. The van der Waals surface area contributed by atoms with Crippen molar-refractivity contribution in [1.82, 2.24) is 4.90 Å². The lowest BCUT2D eigenvalue weighted by atomic mass is 9.73. The molecule has 2 heterocycles. The van der Waals surface area contributed by atoms with E-state index in [0.29, 0.717) is 42.7 Å². The van der Waals surface area contributed by atoms with Crippen LogP contribution < -0.4 is 10.1 Å². The third kappa shape index (κ3) is 6.21. The lowest BCUT2D eigenvalue weighted by molar-refractivity contribution is -0.125. The molecule has 2 aliphatic heterocycles. The number of rotatable bonds is 8. The number of piperidine rings is 1. The molecule has 2 saturated heterocycles. The zero-order valence-corrected chi connectivity index (χ0v) is 20.5. The monoisotopic (exact) mass is 490 g/mol. The molecule has 0 aliphatic carbocycles. The zero-order valence-electron chi connectivity index (χ0n) is 19.0. The molecule has 1 N–H and O–H groups in total. The minimum Gasteiger partial charge on any atom is -0.494 e. The maximum absolute atomic E-state index is 13.5. The summed E-state index contributed by atoms with van der Waals surface area (Å²) in [6.45, 7) is 5.23. The van der Waals surface area contributed by atoms with Crippen molar-refractivity contribution >= 4 is 34.8 Å². The molecule has 0 aromatic heterocycles. The molecule has 2 aliphatic rings. The van der Waals surface area contributed by atoms with Crippen LogP contribution in [-0.4, -0.2) is 50.3 Å². The summed E-state index contributed by atoms with van der Waals surface area (Å²) >= 11 is 12.6. The number of nitrogens with one attached hydrogen (secondary N) is 1. The van der Waals surface area contributed by atoms with Gasteiger partial charge >= 0.3 is 0 Å². The second kappa shape index (κ2) is 11.6. The summed E-state index contributed by atoms with van der Waals surface area (Å²) in [5.74, 6) is 0.735. The Labute approximate surface area is 206 Å². The molecule has 2 fully saturated rings. The highest BCUT2D eigenvalue weighted by Crippen LogP contribution is 2.40. The molecule has 178 valence electrons. The molecule has 1 amide bonds. The largest absolute Gasteiger partial charge is 0.494 e. The number of hydrogen-bond acceptors (Lipinski definition) is 4. The zero-order chi connectivity index (χ0) is 23.1. The van der Waals surface area contributed by atoms with Crippen LogP contribution in [0.2, 0.25) is 10.0 Å². The van der Waals surface area contributed by atoms with E-state index in [4.69, 9.17) is 32.7 Å². The first-order chi connectivity index (χ1) is 16.1. The minimum atomic E-state index is -0.746. The van der Waals surface area contributed by atoms with Crippen LogP contribution in [0.3, 0.4) is 0 Å². The first-order valence-electron chi connectivity index (χ1n) is 11.9. The second-order valence-electron chi connectivity index (χ2n) is 8.90. The second-order valence-corrected chi connectivity index (χ2v) is 9.75. The van der Waals surface area contributed by atoms with Gasteiger partial charge in [-0.15, -0.1) is 0 Å². The van der Waals surface area contributed by atoms with Crippen LogP contribution in [0.25, 0.3) is 0 Å². The standard InChI is InChI=1S/C26H32Cl2N2O3/c27-20-5-10-23(24(28)19-20)26(11-17-32-18-12-26)25(31)29-21-6-8-22(9-7-21)33-16-4-15-30-13-2-1-3-14-30/h5-10,19H,1-4,11-18H2,(H,29,31). The van der Waals surface area contributed by atoms with Gasteiger partial charge in [-0.2, -0.15) is 0 Å². The van der Waals surface area contributed by atoms with Gasteiger partial charge in [0.25, 0.3) is 0 Å². The minimum absolute atomic E-state index is 0.0785. The number of halogens is 2. The summed E-state index contributed by atoms with van der Waals surface area (Å²) < 4.78 is 11.4. The summed E-state index contributed by atoms with van der Waals surface area (Å²) in [5, 5.41) is 4.14. The van der Waals surface area contributed by atoms with Crippen LogP contribution in [0, 0.1) is 0 Å². The Morgan fingerprint density at radius 2 is 1.76 bits per heavy atom. The fraction of sp³-hybridized carbons (Fsp3) is 0.500. The van der Waals surface area contributed by atoms with Crippen LogP contribution in [0.4, 0.5) is 5.69 Å². The summed E-state index contributed by atoms with van der Waals surface area (Å²) in [6, 6.07) is 12.9. The molecule has 0 bridgehead atoms. The molecule has 5 nitrogen and oxygen atoms in total. The summed E-state index contributed by atoms with van der Waals surface area (Å²) in [6.07, 6.45) is 6.14. The molecule has 2 aromatic rings. The molecule has 33 heavy (non-hydrogen) atoms. The molecular weight excluding hydrogens is 459 g/mol. The van der Waals surface area contributed by atoms with E-state index < -0.39 is 5.41 Å². The third-order valence-corrected chi connectivity index (χ3v) is 7.22. The number of carbonyl (C=O) groups excluding carboxylic acids is 1. The molecule has 0 spiro atoms. The van der Waals surface area contributed by atoms with Crippen molar-refractivity contribution in [2.24, 2.45) is 0 Å². The van der Waals surface area contributed by atoms with Crippen LogP contribution in [0.1, 0.15) is 44.1 Å².